The van der Waals surface area contributed by atoms with E-state index in [1.54, 1.807) is 22.8 Å². The molecular formula is C15H20N2O2S. The molecule has 0 spiro atoms. The number of ketones is 1. The highest BCUT2D eigenvalue weighted by Crippen LogP contribution is 2.24. The molecule has 2 heterocycles. The molecule has 20 heavy (non-hydrogen) atoms. The summed E-state index contributed by atoms with van der Waals surface area (Å²) in [6.45, 7) is 8.08. The highest BCUT2D eigenvalue weighted by Gasteiger charge is 2.16. The Morgan fingerprint density at radius 3 is 2.70 bits per heavy atom. The lowest BCUT2D eigenvalue weighted by Gasteiger charge is -2.14. The van der Waals surface area contributed by atoms with Gasteiger partial charge in [0, 0.05) is 23.8 Å². The van der Waals surface area contributed by atoms with E-state index in [-0.39, 0.29) is 17.3 Å². The van der Waals surface area contributed by atoms with Crippen LogP contribution in [0, 0.1) is 0 Å². The van der Waals surface area contributed by atoms with Crippen molar-refractivity contribution in [1.82, 2.24) is 9.55 Å². The number of aryl methyl sites for hydroxylation is 1. The monoisotopic (exact) mass is 292 g/mol. The first-order chi connectivity index (χ1) is 9.43. The van der Waals surface area contributed by atoms with Gasteiger partial charge in [0.15, 0.2) is 0 Å². The Morgan fingerprint density at radius 1 is 1.45 bits per heavy atom. The first kappa shape index (κ1) is 14.9. The van der Waals surface area contributed by atoms with Gasteiger partial charge in [-0.2, -0.15) is 0 Å². The van der Waals surface area contributed by atoms with E-state index in [1.165, 1.54) is 4.88 Å². The Kier molecular flexibility index (Phi) is 4.38. The van der Waals surface area contributed by atoms with Crippen LogP contribution >= 0.6 is 11.3 Å². The van der Waals surface area contributed by atoms with E-state index < -0.39 is 0 Å². The van der Waals surface area contributed by atoms with Crippen LogP contribution in [0.1, 0.15) is 50.7 Å². The minimum Gasteiger partial charge on any atom is -0.300 e. The number of aromatic nitrogens is 2. The summed E-state index contributed by atoms with van der Waals surface area (Å²) in [5.74, 6) is 1.02. The van der Waals surface area contributed by atoms with Gasteiger partial charge in [0.2, 0.25) is 0 Å². The molecule has 0 bridgehead atoms. The molecule has 0 radical (unpaired) electrons. The van der Waals surface area contributed by atoms with Crippen molar-refractivity contribution in [3.63, 3.8) is 0 Å². The van der Waals surface area contributed by atoms with Gasteiger partial charge in [-0.25, -0.2) is 4.98 Å². The van der Waals surface area contributed by atoms with E-state index in [1.807, 2.05) is 19.9 Å². The number of thiophene rings is 1. The van der Waals surface area contributed by atoms with E-state index >= 15 is 0 Å². The van der Waals surface area contributed by atoms with Gasteiger partial charge in [0.05, 0.1) is 5.39 Å². The highest BCUT2D eigenvalue weighted by molar-refractivity contribution is 7.18. The van der Waals surface area contributed by atoms with Crippen molar-refractivity contribution in [3.8, 4) is 0 Å². The molecule has 5 heteroatoms. The highest BCUT2D eigenvalue weighted by atomic mass is 32.1. The summed E-state index contributed by atoms with van der Waals surface area (Å²) in [6.07, 6.45) is 1.28. The van der Waals surface area contributed by atoms with Gasteiger partial charge in [-0.05, 0) is 19.4 Å². The molecule has 0 saturated heterocycles. The lowest BCUT2D eigenvalue weighted by atomic mass is 10.2. The molecule has 4 nitrogen and oxygen atoms in total. The van der Waals surface area contributed by atoms with Crippen molar-refractivity contribution >= 4 is 27.3 Å². The van der Waals surface area contributed by atoms with Crippen LogP contribution in [0.3, 0.4) is 0 Å². The van der Waals surface area contributed by atoms with Crippen molar-refractivity contribution in [2.45, 2.75) is 53.0 Å². The first-order valence-electron chi connectivity index (χ1n) is 6.96. The topological polar surface area (TPSA) is 52.0 Å². The van der Waals surface area contributed by atoms with Gasteiger partial charge in [-0.15, -0.1) is 11.3 Å². The van der Waals surface area contributed by atoms with Crippen LogP contribution in [-0.2, 0) is 17.8 Å². The molecule has 0 amide bonds. The van der Waals surface area contributed by atoms with Gasteiger partial charge in [0.25, 0.3) is 5.56 Å². The molecule has 0 unspecified atom stereocenters. The van der Waals surface area contributed by atoms with E-state index in [2.05, 4.69) is 11.9 Å². The maximum atomic E-state index is 12.6. The van der Waals surface area contributed by atoms with Crippen LogP contribution in [-0.4, -0.2) is 15.3 Å². The Balaban J connectivity index is 2.62. The van der Waals surface area contributed by atoms with Crippen molar-refractivity contribution < 1.29 is 4.79 Å². The third-order valence-corrected chi connectivity index (χ3v) is 4.46. The number of nitrogens with zero attached hydrogens (tertiary/aromatic N) is 2. The Bertz CT molecular complexity index is 698. The molecular weight excluding hydrogens is 272 g/mol. The smallest absolute Gasteiger partial charge is 0.262 e. The van der Waals surface area contributed by atoms with E-state index in [0.29, 0.717) is 18.4 Å². The summed E-state index contributed by atoms with van der Waals surface area (Å²) in [4.78, 5) is 30.4. The molecule has 108 valence electrons. The molecule has 0 atom stereocenters. The minimum atomic E-state index is -0.0177. The number of rotatable bonds is 5. The zero-order chi connectivity index (χ0) is 14.9. The number of hydrogen-bond acceptors (Lipinski definition) is 4. The summed E-state index contributed by atoms with van der Waals surface area (Å²) in [5, 5.41) is 0.680. The number of fused-ring (bicyclic) bond motifs is 1. The van der Waals surface area contributed by atoms with Crippen LogP contribution < -0.4 is 5.56 Å². The Labute approximate surface area is 122 Å². The quantitative estimate of drug-likeness (QED) is 0.850. The van der Waals surface area contributed by atoms with Gasteiger partial charge in [-0.1, -0.05) is 20.8 Å². The van der Waals surface area contributed by atoms with Crippen LogP contribution in [0.25, 0.3) is 10.2 Å². The first-order valence-corrected chi connectivity index (χ1v) is 7.78. The number of Topliss-reactive ketones (excluding diaryl/α,β-unsaturated/α-hetero) is 1. The van der Waals surface area contributed by atoms with Crippen LogP contribution in [0.15, 0.2) is 10.9 Å². The molecule has 0 aromatic carbocycles. The van der Waals surface area contributed by atoms with Gasteiger partial charge < -0.3 is 0 Å². The zero-order valence-corrected chi connectivity index (χ0v) is 13.2. The lowest BCUT2D eigenvalue weighted by molar-refractivity contribution is -0.117. The molecule has 0 aliphatic carbocycles. The Hall–Kier alpha value is -1.49. The fourth-order valence-electron chi connectivity index (χ4n) is 2.18. The third-order valence-electron chi connectivity index (χ3n) is 3.28. The summed E-state index contributed by atoms with van der Waals surface area (Å²) in [7, 11) is 0. The molecule has 0 N–H and O–H groups in total. The maximum Gasteiger partial charge on any atom is 0.262 e. The zero-order valence-electron chi connectivity index (χ0n) is 12.4. The number of carbonyl (C=O) groups excluding carboxylic acids is 1. The average molecular weight is 292 g/mol. The summed E-state index contributed by atoms with van der Waals surface area (Å²) >= 11 is 1.58. The van der Waals surface area contributed by atoms with Gasteiger partial charge >= 0.3 is 0 Å². The van der Waals surface area contributed by atoms with Crippen molar-refractivity contribution in [1.29, 1.82) is 0 Å². The predicted molar refractivity (Wildman–Crippen MR) is 82.6 cm³/mol. The fraction of sp³-hybridized carbons (Fsp3) is 0.533. The maximum absolute atomic E-state index is 12.6. The van der Waals surface area contributed by atoms with Crippen LogP contribution in [0.2, 0.25) is 0 Å². The second kappa shape index (κ2) is 5.87. The molecule has 2 aromatic heterocycles. The average Bonchev–Trinajstić information content (AvgIpc) is 2.80. The largest absolute Gasteiger partial charge is 0.300 e. The van der Waals surface area contributed by atoms with E-state index in [9.17, 15) is 9.59 Å². The van der Waals surface area contributed by atoms with Crippen molar-refractivity contribution in [2.75, 3.05) is 0 Å². The number of hydrogen-bond donors (Lipinski definition) is 0. The number of carbonyl (C=O) groups is 1. The standard InChI is InChI=1S/C15H20N2O2S/c1-5-11-8-12-14(20-11)16-13(9(2)3)17(15(12)19)7-6-10(4)18/h8-9H,5-7H2,1-4H3. The molecule has 2 rings (SSSR count). The van der Waals surface area contributed by atoms with E-state index in [0.717, 1.165) is 17.1 Å². The van der Waals surface area contributed by atoms with Crippen LogP contribution in [0.5, 0.6) is 0 Å². The second-order valence-corrected chi connectivity index (χ2v) is 6.43. The second-order valence-electron chi connectivity index (χ2n) is 5.32. The van der Waals surface area contributed by atoms with Crippen molar-refractivity contribution in [2.24, 2.45) is 0 Å². The fourth-order valence-corrected chi connectivity index (χ4v) is 3.15. The van der Waals surface area contributed by atoms with E-state index in [4.69, 9.17) is 0 Å². The lowest BCUT2D eigenvalue weighted by Crippen LogP contribution is -2.26. The molecule has 0 saturated carbocycles. The molecule has 0 aliphatic heterocycles. The van der Waals surface area contributed by atoms with Crippen LogP contribution in [0.4, 0.5) is 0 Å². The predicted octanol–water partition coefficient (Wildman–Crippen LogP) is 3.12. The summed E-state index contributed by atoms with van der Waals surface area (Å²) in [6, 6.07) is 1.93. The molecule has 2 aromatic rings. The minimum absolute atomic E-state index is 0.0177. The third kappa shape index (κ3) is 2.82. The van der Waals surface area contributed by atoms with Gasteiger partial charge in [0.1, 0.15) is 16.4 Å². The molecule has 0 fully saturated rings. The SMILES string of the molecule is CCc1cc2c(=O)n(CCC(C)=O)c(C(C)C)nc2s1. The normalized spacial score (nSPS) is 11.4. The summed E-state index contributed by atoms with van der Waals surface area (Å²) in [5.41, 5.74) is -0.0177. The van der Waals surface area contributed by atoms with Gasteiger partial charge in [-0.3, -0.25) is 14.2 Å². The molecule has 0 aliphatic rings. The Morgan fingerprint density at radius 2 is 2.15 bits per heavy atom. The van der Waals surface area contributed by atoms with Crippen molar-refractivity contribution in [3.05, 3.63) is 27.1 Å². The summed E-state index contributed by atoms with van der Waals surface area (Å²) < 4.78 is 1.67.